The van der Waals surface area contributed by atoms with E-state index in [4.69, 9.17) is 5.73 Å². The van der Waals surface area contributed by atoms with Crippen molar-refractivity contribution < 1.29 is 4.79 Å². The molecule has 0 unspecified atom stereocenters. The highest BCUT2D eigenvalue weighted by Gasteiger charge is 2.16. The Kier molecular flexibility index (Phi) is 3.33. The minimum Gasteiger partial charge on any atom is -0.375 e. The third kappa shape index (κ3) is 2.35. The fourth-order valence-electron chi connectivity index (χ4n) is 1.71. The van der Waals surface area contributed by atoms with Gasteiger partial charge in [0.05, 0.1) is 17.1 Å². The molecule has 1 amide bonds. The van der Waals surface area contributed by atoms with Gasteiger partial charge in [0.25, 0.3) is 5.91 Å². The third-order valence-corrected chi connectivity index (χ3v) is 3.49. The average molecular weight is 265 g/mol. The Balaban J connectivity index is 2.23. The van der Waals surface area contributed by atoms with Gasteiger partial charge in [-0.1, -0.05) is 18.3 Å². The molecule has 2 aromatic rings. The van der Waals surface area contributed by atoms with Gasteiger partial charge in [0.2, 0.25) is 0 Å². The first-order valence-corrected chi connectivity index (χ1v) is 6.39. The number of hydrogen-bond acceptors (Lipinski definition) is 5. The number of thiazole rings is 1. The van der Waals surface area contributed by atoms with Crippen molar-refractivity contribution in [1.29, 1.82) is 0 Å². The molecule has 0 aromatic carbocycles. The molecule has 2 rings (SSSR count). The molecule has 0 aliphatic rings. The van der Waals surface area contributed by atoms with Crippen molar-refractivity contribution in [3.8, 4) is 0 Å². The largest absolute Gasteiger partial charge is 0.375 e. The molecule has 0 spiro atoms. The molecule has 0 radical (unpaired) electrons. The zero-order valence-corrected chi connectivity index (χ0v) is 11.3. The van der Waals surface area contributed by atoms with Gasteiger partial charge in [-0.3, -0.25) is 9.48 Å². The summed E-state index contributed by atoms with van der Waals surface area (Å²) in [7, 11) is 1.82. The standard InChI is InChI=1S/C11H15N5OS/c1-4-7-8(5-16(3)15-7)14-10(17)9-6(2)13-11(12)18-9/h5H,4H2,1-3H3,(H2,12,13)(H,14,17). The Morgan fingerprint density at radius 3 is 2.89 bits per heavy atom. The van der Waals surface area contributed by atoms with E-state index < -0.39 is 0 Å². The maximum Gasteiger partial charge on any atom is 0.267 e. The van der Waals surface area contributed by atoms with Gasteiger partial charge in [-0.2, -0.15) is 5.10 Å². The summed E-state index contributed by atoms with van der Waals surface area (Å²) in [6.07, 6.45) is 2.55. The SMILES string of the molecule is CCc1nn(C)cc1NC(=O)c1sc(N)nc1C. The van der Waals surface area contributed by atoms with E-state index >= 15 is 0 Å². The van der Waals surface area contributed by atoms with Crippen molar-refractivity contribution >= 4 is 28.1 Å². The number of aryl methyl sites for hydroxylation is 3. The Hall–Kier alpha value is -1.89. The molecule has 96 valence electrons. The zero-order valence-electron chi connectivity index (χ0n) is 10.5. The lowest BCUT2D eigenvalue weighted by atomic mass is 10.3. The molecule has 0 bridgehead atoms. The predicted octanol–water partition coefficient (Wildman–Crippen LogP) is 1.58. The van der Waals surface area contributed by atoms with E-state index in [-0.39, 0.29) is 5.91 Å². The molecule has 2 aromatic heterocycles. The maximum atomic E-state index is 12.1. The van der Waals surface area contributed by atoms with Crippen LogP contribution in [0.25, 0.3) is 0 Å². The van der Waals surface area contributed by atoms with Crippen molar-refractivity contribution in [1.82, 2.24) is 14.8 Å². The van der Waals surface area contributed by atoms with Crippen LogP contribution in [0.4, 0.5) is 10.8 Å². The number of aromatic nitrogens is 3. The number of nitrogens with zero attached hydrogens (tertiary/aromatic N) is 3. The number of carbonyl (C=O) groups excluding carboxylic acids is 1. The summed E-state index contributed by atoms with van der Waals surface area (Å²) in [5.41, 5.74) is 7.83. The lowest BCUT2D eigenvalue weighted by Crippen LogP contribution is -2.12. The van der Waals surface area contributed by atoms with E-state index in [2.05, 4.69) is 15.4 Å². The number of hydrogen-bond donors (Lipinski definition) is 2. The lowest BCUT2D eigenvalue weighted by Gasteiger charge is -2.02. The van der Waals surface area contributed by atoms with Gasteiger partial charge in [-0.15, -0.1) is 0 Å². The molecule has 0 fully saturated rings. The maximum absolute atomic E-state index is 12.1. The van der Waals surface area contributed by atoms with Crippen LogP contribution < -0.4 is 11.1 Å². The lowest BCUT2D eigenvalue weighted by molar-refractivity contribution is 0.102. The van der Waals surface area contributed by atoms with Crippen LogP contribution in [-0.4, -0.2) is 20.7 Å². The van der Waals surface area contributed by atoms with Crippen LogP contribution in [0.15, 0.2) is 6.20 Å². The Morgan fingerprint density at radius 1 is 1.61 bits per heavy atom. The molecule has 2 heterocycles. The number of amides is 1. The van der Waals surface area contributed by atoms with Crippen LogP contribution in [0, 0.1) is 6.92 Å². The second kappa shape index (κ2) is 4.77. The highest BCUT2D eigenvalue weighted by molar-refractivity contribution is 7.17. The van der Waals surface area contributed by atoms with Gasteiger partial charge < -0.3 is 11.1 Å². The van der Waals surface area contributed by atoms with Crippen LogP contribution >= 0.6 is 11.3 Å². The van der Waals surface area contributed by atoms with Gasteiger partial charge in [0.15, 0.2) is 5.13 Å². The minimum atomic E-state index is -0.190. The van der Waals surface area contributed by atoms with Crippen LogP contribution in [0.2, 0.25) is 0 Å². The van der Waals surface area contributed by atoms with Gasteiger partial charge in [-0.05, 0) is 13.3 Å². The molecule has 18 heavy (non-hydrogen) atoms. The number of nitrogens with one attached hydrogen (secondary N) is 1. The Bertz CT molecular complexity index is 586. The van der Waals surface area contributed by atoms with E-state index in [1.807, 2.05) is 14.0 Å². The average Bonchev–Trinajstić information content (AvgIpc) is 2.81. The van der Waals surface area contributed by atoms with Crippen molar-refractivity contribution in [2.45, 2.75) is 20.3 Å². The molecule has 0 saturated carbocycles. The van der Waals surface area contributed by atoms with Gasteiger partial charge in [0.1, 0.15) is 4.88 Å². The summed E-state index contributed by atoms with van der Waals surface area (Å²) >= 11 is 1.19. The first-order valence-electron chi connectivity index (χ1n) is 5.58. The van der Waals surface area contributed by atoms with E-state index in [0.717, 1.165) is 17.8 Å². The monoisotopic (exact) mass is 265 g/mol. The highest BCUT2D eigenvalue weighted by atomic mass is 32.1. The summed E-state index contributed by atoms with van der Waals surface area (Å²) in [6.45, 7) is 3.76. The van der Waals surface area contributed by atoms with Crippen molar-refractivity contribution in [2.75, 3.05) is 11.1 Å². The molecular weight excluding hydrogens is 250 g/mol. The topological polar surface area (TPSA) is 85.8 Å². The summed E-state index contributed by atoms with van der Waals surface area (Å²) < 4.78 is 1.68. The summed E-state index contributed by atoms with van der Waals surface area (Å²) in [6, 6.07) is 0. The fourth-order valence-corrected chi connectivity index (χ4v) is 2.44. The van der Waals surface area contributed by atoms with E-state index in [1.54, 1.807) is 17.8 Å². The smallest absolute Gasteiger partial charge is 0.267 e. The highest BCUT2D eigenvalue weighted by Crippen LogP contribution is 2.22. The first-order chi connectivity index (χ1) is 8.51. The van der Waals surface area contributed by atoms with E-state index in [9.17, 15) is 4.79 Å². The molecule has 6 nitrogen and oxygen atoms in total. The summed E-state index contributed by atoms with van der Waals surface area (Å²) in [5, 5.41) is 7.52. The number of rotatable bonds is 3. The van der Waals surface area contributed by atoms with Gasteiger partial charge in [-0.25, -0.2) is 4.98 Å². The number of anilines is 2. The van der Waals surface area contributed by atoms with Crippen LogP contribution in [0.3, 0.4) is 0 Å². The molecule has 0 atom stereocenters. The quantitative estimate of drug-likeness (QED) is 0.882. The predicted molar refractivity (Wildman–Crippen MR) is 71.8 cm³/mol. The summed E-state index contributed by atoms with van der Waals surface area (Å²) in [4.78, 5) is 16.7. The van der Waals surface area contributed by atoms with Gasteiger partial charge >= 0.3 is 0 Å². The Morgan fingerprint density at radius 2 is 2.33 bits per heavy atom. The number of carbonyl (C=O) groups is 1. The molecule has 3 N–H and O–H groups in total. The van der Waals surface area contributed by atoms with Crippen LogP contribution in [-0.2, 0) is 13.5 Å². The van der Waals surface area contributed by atoms with E-state index in [0.29, 0.717) is 15.7 Å². The minimum absolute atomic E-state index is 0.190. The normalized spacial score (nSPS) is 10.6. The van der Waals surface area contributed by atoms with Crippen LogP contribution in [0.1, 0.15) is 28.0 Å². The van der Waals surface area contributed by atoms with E-state index in [1.165, 1.54) is 11.3 Å². The zero-order chi connectivity index (χ0) is 13.3. The molecule has 7 heteroatoms. The van der Waals surface area contributed by atoms with Crippen molar-refractivity contribution in [2.24, 2.45) is 7.05 Å². The second-order valence-corrected chi connectivity index (χ2v) is 4.97. The van der Waals surface area contributed by atoms with Crippen molar-refractivity contribution in [3.05, 3.63) is 22.5 Å². The molecular formula is C11H15N5OS. The molecule has 0 aliphatic heterocycles. The Labute approximate surface area is 109 Å². The second-order valence-electron chi connectivity index (χ2n) is 3.94. The number of nitrogen functional groups attached to an aromatic ring is 1. The third-order valence-electron chi connectivity index (χ3n) is 2.51. The van der Waals surface area contributed by atoms with Crippen molar-refractivity contribution in [3.63, 3.8) is 0 Å². The van der Waals surface area contributed by atoms with Crippen LogP contribution in [0.5, 0.6) is 0 Å². The van der Waals surface area contributed by atoms with Gasteiger partial charge in [0, 0.05) is 13.2 Å². The molecule has 0 saturated heterocycles. The molecule has 0 aliphatic carbocycles. The fraction of sp³-hybridized carbons (Fsp3) is 0.364. The summed E-state index contributed by atoms with van der Waals surface area (Å²) in [5.74, 6) is -0.190. The number of nitrogens with two attached hydrogens (primary N) is 1. The first kappa shape index (κ1) is 12.6.